The van der Waals surface area contributed by atoms with E-state index in [0.717, 1.165) is 16.6 Å². The number of nitrogens with one attached hydrogen (secondary N) is 1. The van der Waals surface area contributed by atoms with Crippen LogP contribution in [0.3, 0.4) is 0 Å². The lowest BCUT2D eigenvalue weighted by molar-refractivity contribution is -0.118. The van der Waals surface area contributed by atoms with Gasteiger partial charge < -0.3 is 19.5 Å². The van der Waals surface area contributed by atoms with E-state index in [1.807, 2.05) is 31.2 Å². The lowest BCUT2D eigenvalue weighted by atomic mass is 10.2. The van der Waals surface area contributed by atoms with Gasteiger partial charge in [-0.05, 0) is 19.1 Å². The summed E-state index contributed by atoms with van der Waals surface area (Å²) in [6.45, 7) is 1.79. The number of aryl methyl sites for hydroxylation is 1. The van der Waals surface area contributed by atoms with E-state index >= 15 is 0 Å². The van der Waals surface area contributed by atoms with Crippen LogP contribution in [-0.2, 0) is 4.79 Å². The second-order valence-electron chi connectivity index (χ2n) is 5.72. The quantitative estimate of drug-likeness (QED) is 0.734. The van der Waals surface area contributed by atoms with Crippen molar-refractivity contribution in [1.82, 2.24) is 4.98 Å². The number of fused-ring (bicyclic) bond motifs is 1. The molecule has 1 amide bonds. The van der Waals surface area contributed by atoms with Crippen molar-refractivity contribution in [2.75, 3.05) is 26.1 Å². The van der Waals surface area contributed by atoms with Crippen LogP contribution in [0.1, 0.15) is 5.69 Å². The summed E-state index contributed by atoms with van der Waals surface area (Å²) in [6.07, 6.45) is 0. The van der Waals surface area contributed by atoms with Crippen LogP contribution in [0.4, 0.5) is 5.69 Å². The molecule has 0 unspecified atom stereocenters. The van der Waals surface area contributed by atoms with E-state index in [9.17, 15) is 4.79 Å². The second kappa shape index (κ2) is 7.74. The molecule has 134 valence electrons. The number of methoxy groups -OCH3 is 2. The minimum Gasteiger partial charge on any atom is -0.497 e. The third-order valence-electron chi connectivity index (χ3n) is 3.82. The number of carbonyl (C=O) groups excluding carboxylic acids is 1. The number of carbonyl (C=O) groups is 1. The zero-order chi connectivity index (χ0) is 18.5. The number of rotatable bonds is 6. The van der Waals surface area contributed by atoms with Crippen LogP contribution < -0.4 is 19.5 Å². The lowest BCUT2D eigenvalue weighted by Crippen LogP contribution is -2.20. The summed E-state index contributed by atoms with van der Waals surface area (Å²) in [6, 6.07) is 14.7. The van der Waals surface area contributed by atoms with Crippen LogP contribution in [0.25, 0.3) is 10.9 Å². The maximum atomic E-state index is 12.2. The molecule has 3 aromatic rings. The lowest BCUT2D eigenvalue weighted by Gasteiger charge is -2.11. The summed E-state index contributed by atoms with van der Waals surface area (Å²) in [4.78, 5) is 16.7. The number of hydrogen-bond donors (Lipinski definition) is 1. The van der Waals surface area contributed by atoms with Gasteiger partial charge in [0, 0.05) is 35.0 Å². The first-order valence-corrected chi connectivity index (χ1v) is 8.11. The highest BCUT2D eigenvalue weighted by Crippen LogP contribution is 2.26. The molecular formula is C20H20N2O4. The topological polar surface area (TPSA) is 69.7 Å². The predicted octanol–water partition coefficient (Wildman–Crippen LogP) is 3.58. The Kier molecular flexibility index (Phi) is 5.22. The standard InChI is InChI=1S/C20H20N2O4/c1-13-7-8-14-5-4-6-18(20(14)21-13)26-12-19(23)22-15-9-16(24-2)11-17(10-15)25-3/h4-11H,12H2,1-3H3,(H,22,23). The normalized spacial score (nSPS) is 10.4. The van der Waals surface area contributed by atoms with Crippen LogP contribution >= 0.6 is 0 Å². The van der Waals surface area contributed by atoms with Gasteiger partial charge in [-0.25, -0.2) is 4.98 Å². The Balaban J connectivity index is 1.71. The Labute approximate surface area is 151 Å². The van der Waals surface area contributed by atoms with Gasteiger partial charge in [0.2, 0.25) is 0 Å². The van der Waals surface area contributed by atoms with Crippen molar-refractivity contribution < 1.29 is 19.0 Å². The van der Waals surface area contributed by atoms with E-state index in [1.54, 1.807) is 38.5 Å². The average Bonchev–Trinajstić information content (AvgIpc) is 2.65. The van der Waals surface area contributed by atoms with Gasteiger partial charge in [-0.3, -0.25) is 4.79 Å². The largest absolute Gasteiger partial charge is 0.497 e. The summed E-state index contributed by atoms with van der Waals surface area (Å²) in [5, 5.41) is 3.74. The van der Waals surface area contributed by atoms with Crippen LogP contribution in [0, 0.1) is 6.92 Å². The average molecular weight is 352 g/mol. The molecule has 0 saturated heterocycles. The van der Waals surface area contributed by atoms with E-state index in [2.05, 4.69) is 10.3 Å². The molecule has 0 radical (unpaired) electrons. The Morgan fingerprint density at radius 3 is 2.46 bits per heavy atom. The summed E-state index contributed by atoms with van der Waals surface area (Å²) in [5.74, 6) is 1.47. The number of para-hydroxylation sites is 1. The molecule has 0 aliphatic rings. The Morgan fingerprint density at radius 1 is 1.04 bits per heavy atom. The fourth-order valence-corrected chi connectivity index (χ4v) is 2.55. The Morgan fingerprint density at radius 2 is 1.77 bits per heavy atom. The maximum Gasteiger partial charge on any atom is 0.262 e. The van der Waals surface area contributed by atoms with Crippen LogP contribution in [0.2, 0.25) is 0 Å². The van der Waals surface area contributed by atoms with Gasteiger partial charge in [-0.15, -0.1) is 0 Å². The maximum absolute atomic E-state index is 12.2. The molecule has 0 aliphatic heterocycles. The minimum absolute atomic E-state index is 0.131. The third-order valence-corrected chi connectivity index (χ3v) is 3.82. The van der Waals surface area contributed by atoms with E-state index in [0.29, 0.717) is 22.9 Å². The van der Waals surface area contributed by atoms with Crippen molar-refractivity contribution in [3.63, 3.8) is 0 Å². The molecule has 0 saturated carbocycles. The monoisotopic (exact) mass is 352 g/mol. The number of nitrogens with zero attached hydrogens (tertiary/aromatic N) is 1. The molecule has 0 fully saturated rings. The first-order valence-electron chi connectivity index (χ1n) is 8.11. The van der Waals surface area contributed by atoms with Crippen LogP contribution in [0.5, 0.6) is 17.2 Å². The summed E-state index contributed by atoms with van der Waals surface area (Å²) in [5.41, 5.74) is 2.20. The van der Waals surface area contributed by atoms with Crippen molar-refractivity contribution >= 4 is 22.5 Å². The van der Waals surface area contributed by atoms with Crippen molar-refractivity contribution in [3.05, 3.63) is 54.2 Å². The smallest absolute Gasteiger partial charge is 0.262 e. The van der Waals surface area contributed by atoms with Crippen LogP contribution in [0.15, 0.2) is 48.5 Å². The van der Waals surface area contributed by atoms with Gasteiger partial charge in [0.1, 0.15) is 22.8 Å². The fourth-order valence-electron chi connectivity index (χ4n) is 2.55. The number of benzene rings is 2. The molecule has 1 N–H and O–H groups in total. The highest BCUT2D eigenvalue weighted by Gasteiger charge is 2.09. The number of anilines is 1. The predicted molar refractivity (Wildman–Crippen MR) is 100 cm³/mol. The van der Waals surface area contributed by atoms with E-state index in [1.165, 1.54) is 0 Å². The molecule has 2 aromatic carbocycles. The molecule has 1 aromatic heterocycles. The van der Waals surface area contributed by atoms with Crippen molar-refractivity contribution in [1.29, 1.82) is 0 Å². The van der Waals surface area contributed by atoms with Gasteiger partial charge in [-0.1, -0.05) is 18.2 Å². The van der Waals surface area contributed by atoms with Gasteiger partial charge in [0.15, 0.2) is 6.61 Å². The van der Waals surface area contributed by atoms with Crippen LogP contribution in [-0.4, -0.2) is 31.7 Å². The van der Waals surface area contributed by atoms with Crippen molar-refractivity contribution in [2.45, 2.75) is 6.92 Å². The summed E-state index contributed by atoms with van der Waals surface area (Å²) < 4.78 is 16.1. The summed E-state index contributed by atoms with van der Waals surface area (Å²) in [7, 11) is 3.11. The molecule has 1 heterocycles. The highest BCUT2D eigenvalue weighted by atomic mass is 16.5. The summed E-state index contributed by atoms with van der Waals surface area (Å²) >= 11 is 0. The fraction of sp³-hybridized carbons (Fsp3) is 0.200. The first-order chi connectivity index (χ1) is 12.6. The van der Waals surface area contributed by atoms with Crippen molar-refractivity contribution in [2.24, 2.45) is 0 Å². The number of amides is 1. The van der Waals surface area contributed by atoms with Gasteiger partial charge in [-0.2, -0.15) is 0 Å². The zero-order valence-electron chi connectivity index (χ0n) is 14.9. The van der Waals surface area contributed by atoms with Gasteiger partial charge in [0.25, 0.3) is 5.91 Å². The molecule has 0 aliphatic carbocycles. The second-order valence-corrected chi connectivity index (χ2v) is 5.72. The van der Waals surface area contributed by atoms with Crippen molar-refractivity contribution in [3.8, 4) is 17.2 Å². The molecule has 6 nitrogen and oxygen atoms in total. The van der Waals surface area contributed by atoms with E-state index in [-0.39, 0.29) is 12.5 Å². The van der Waals surface area contributed by atoms with Gasteiger partial charge in [0.05, 0.1) is 14.2 Å². The van der Waals surface area contributed by atoms with Gasteiger partial charge >= 0.3 is 0 Å². The number of hydrogen-bond acceptors (Lipinski definition) is 5. The SMILES string of the molecule is COc1cc(NC(=O)COc2cccc3ccc(C)nc23)cc(OC)c1. The molecule has 0 atom stereocenters. The third kappa shape index (κ3) is 4.03. The molecule has 0 bridgehead atoms. The van der Waals surface area contributed by atoms with E-state index in [4.69, 9.17) is 14.2 Å². The number of aromatic nitrogens is 1. The Bertz CT molecular complexity index is 918. The number of pyridine rings is 1. The Hall–Kier alpha value is -3.28. The molecule has 0 spiro atoms. The highest BCUT2D eigenvalue weighted by molar-refractivity contribution is 5.93. The molecule has 3 rings (SSSR count). The number of ether oxygens (including phenoxy) is 3. The molecular weight excluding hydrogens is 332 g/mol. The molecule has 6 heteroatoms. The molecule has 26 heavy (non-hydrogen) atoms. The first kappa shape index (κ1) is 17.5. The zero-order valence-corrected chi connectivity index (χ0v) is 14.9. The minimum atomic E-state index is -0.287. The van der Waals surface area contributed by atoms with E-state index < -0.39 is 0 Å².